The lowest BCUT2D eigenvalue weighted by molar-refractivity contribution is -0.144. The maximum absolute atomic E-state index is 13.9. The Morgan fingerprint density at radius 1 is 1.05 bits per heavy atom. The molecule has 7 atom stereocenters. The van der Waals surface area contributed by atoms with Gasteiger partial charge in [-0.15, -0.1) is 0 Å². The van der Waals surface area contributed by atoms with Crippen molar-refractivity contribution in [1.29, 1.82) is 0 Å². The number of carbonyl (C=O) groups excluding carboxylic acids is 1. The number of aliphatic carboxylic acids is 1. The summed E-state index contributed by atoms with van der Waals surface area (Å²) in [6, 6.07) is 13.4. The largest absolute Gasteiger partial charge is 0.497 e. The second kappa shape index (κ2) is 19.1. The van der Waals surface area contributed by atoms with Crippen molar-refractivity contribution in [3.63, 3.8) is 0 Å². The van der Waals surface area contributed by atoms with Crippen LogP contribution >= 0.6 is 7.60 Å². The number of aliphatic hydroxyl groups excluding tert-OH is 1. The van der Waals surface area contributed by atoms with Crippen molar-refractivity contribution < 1.29 is 60.8 Å². The van der Waals surface area contributed by atoms with Gasteiger partial charge in [0.1, 0.15) is 23.9 Å². The molecule has 2 fully saturated rings. The molecule has 0 spiro atoms. The molecule has 0 saturated carbocycles. The number of carbonyl (C=O) groups is 2. The Labute approximate surface area is 322 Å². The third kappa shape index (κ3) is 11.7. The van der Waals surface area contributed by atoms with Crippen LogP contribution in [0.4, 0.5) is 4.79 Å². The number of nitrogens with one attached hydrogen (secondary N) is 1. The van der Waals surface area contributed by atoms with Gasteiger partial charge in [0.05, 0.1) is 43.3 Å². The van der Waals surface area contributed by atoms with Gasteiger partial charge >= 0.3 is 19.7 Å². The predicted octanol–water partition coefficient (Wildman–Crippen LogP) is 4.30. The minimum atomic E-state index is -4.07. The predicted molar refractivity (Wildman–Crippen MR) is 200 cm³/mol. The van der Waals surface area contributed by atoms with E-state index < -0.39 is 60.3 Å². The zero-order chi connectivity index (χ0) is 39.8. The summed E-state index contributed by atoms with van der Waals surface area (Å²) >= 11 is 0. The SMILES string of the molecule is COc1ccc(S(=O)(=O)N(CC(C)C)C[C@@H](O)[C@H](CC2=CCN(CP(=O)(Oc3ccccc3)O[C@@H](C)C(=O)O)CC2)NC(=O)O[C@H]2CO[C@H]3OCC[C@H]32)cc1. The number of sulfonamides is 1. The van der Waals surface area contributed by atoms with E-state index >= 15 is 0 Å². The van der Waals surface area contributed by atoms with Crippen LogP contribution in [0.5, 0.6) is 11.5 Å². The molecule has 2 aromatic carbocycles. The summed E-state index contributed by atoms with van der Waals surface area (Å²) in [4.78, 5) is 26.8. The lowest BCUT2D eigenvalue weighted by Gasteiger charge is -2.33. The Morgan fingerprint density at radius 3 is 2.42 bits per heavy atom. The number of para-hydroxylation sites is 1. The molecule has 3 heterocycles. The van der Waals surface area contributed by atoms with E-state index in [2.05, 4.69) is 5.32 Å². The van der Waals surface area contributed by atoms with Crippen LogP contribution in [0.25, 0.3) is 0 Å². The Hall–Kier alpha value is -3.54. The molecule has 0 aromatic heterocycles. The number of ether oxygens (including phenoxy) is 4. The molecule has 0 aliphatic carbocycles. The molecule has 0 bridgehead atoms. The molecule has 3 aliphatic heterocycles. The van der Waals surface area contributed by atoms with Gasteiger partial charge in [0.15, 0.2) is 12.4 Å². The van der Waals surface area contributed by atoms with Crippen LogP contribution in [-0.4, -0.2) is 123 Å². The van der Waals surface area contributed by atoms with Crippen LogP contribution in [0, 0.1) is 11.8 Å². The van der Waals surface area contributed by atoms with E-state index in [1.54, 1.807) is 47.4 Å². The highest BCUT2D eigenvalue weighted by molar-refractivity contribution is 7.89. The van der Waals surface area contributed by atoms with E-state index in [4.69, 9.17) is 28.0 Å². The Balaban J connectivity index is 1.32. The van der Waals surface area contributed by atoms with Crippen LogP contribution in [0.3, 0.4) is 0 Å². The monoisotopic (exact) mass is 809 g/mol. The maximum Gasteiger partial charge on any atom is 0.407 e. The maximum atomic E-state index is 13.9. The van der Waals surface area contributed by atoms with E-state index in [1.807, 2.05) is 19.9 Å². The van der Waals surface area contributed by atoms with E-state index in [1.165, 1.54) is 30.5 Å². The minimum Gasteiger partial charge on any atom is -0.497 e. The second-order valence-electron chi connectivity index (χ2n) is 14.3. The molecule has 0 radical (unpaired) electrons. The smallest absolute Gasteiger partial charge is 0.407 e. The minimum absolute atomic E-state index is 0.0324. The quantitative estimate of drug-likeness (QED) is 0.134. The molecule has 3 aliphatic rings. The van der Waals surface area contributed by atoms with Gasteiger partial charge in [-0.3, -0.25) is 9.42 Å². The van der Waals surface area contributed by atoms with Gasteiger partial charge in [-0.05, 0) is 68.5 Å². The highest BCUT2D eigenvalue weighted by Crippen LogP contribution is 2.50. The number of amides is 1. The van der Waals surface area contributed by atoms with Crippen molar-refractivity contribution in [2.45, 2.75) is 75.6 Å². The molecule has 16 nitrogen and oxygen atoms in total. The summed E-state index contributed by atoms with van der Waals surface area (Å²) in [6.07, 6.45) is -1.56. The fourth-order valence-corrected chi connectivity index (χ4v) is 10.2. The van der Waals surface area contributed by atoms with Crippen LogP contribution in [0.15, 0.2) is 71.1 Å². The molecule has 3 N–H and O–H groups in total. The number of hydrogen-bond acceptors (Lipinski definition) is 13. The van der Waals surface area contributed by atoms with Crippen molar-refractivity contribution in [3.8, 4) is 11.5 Å². The molecule has 2 aromatic rings. The number of benzene rings is 2. The second-order valence-corrected chi connectivity index (χ2v) is 18.2. The highest BCUT2D eigenvalue weighted by Gasteiger charge is 2.44. The lowest BCUT2D eigenvalue weighted by Crippen LogP contribution is -2.51. The van der Waals surface area contributed by atoms with Gasteiger partial charge in [-0.1, -0.05) is 43.7 Å². The highest BCUT2D eigenvalue weighted by atomic mass is 32.2. The number of aliphatic hydroxyl groups is 1. The molecular weight excluding hydrogens is 757 g/mol. The zero-order valence-electron chi connectivity index (χ0n) is 31.5. The molecule has 1 unspecified atom stereocenters. The van der Waals surface area contributed by atoms with Gasteiger partial charge in [0.2, 0.25) is 10.0 Å². The molecule has 2 saturated heterocycles. The normalized spacial score (nSPS) is 23.0. The zero-order valence-corrected chi connectivity index (χ0v) is 33.2. The number of carboxylic acids is 1. The van der Waals surface area contributed by atoms with E-state index in [0.717, 1.165) is 5.57 Å². The van der Waals surface area contributed by atoms with Crippen LogP contribution in [0.2, 0.25) is 0 Å². The van der Waals surface area contributed by atoms with Crippen LogP contribution in [0.1, 0.15) is 40.0 Å². The number of carboxylic acid groups (broad SMARTS) is 1. The van der Waals surface area contributed by atoms with Crippen LogP contribution < -0.4 is 14.6 Å². The Kier molecular flexibility index (Phi) is 14.8. The summed E-state index contributed by atoms with van der Waals surface area (Å²) in [6.45, 7) is 6.14. The fourth-order valence-electron chi connectivity index (χ4n) is 6.67. The molecular formula is C37H52N3O13PS. The number of alkyl carbamates (subject to hydrolysis) is 1. The van der Waals surface area contributed by atoms with Crippen molar-refractivity contribution in [2.75, 3.05) is 52.8 Å². The summed E-state index contributed by atoms with van der Waals surface area (Å²) in [5.74, 6) is -0.715. The summed E-state index contributed by atoms with van der Waals surface area (Å²) in [7, 11) is -6.57. The molecule has 1 amide bonds. The number of nitrogens with zero attached hydrogens (tertiary/aromatic N) is 2. The average molecular weight is 810 g/mol. The summed E-state index contributed by atoms with van der Waals surface area (Å²) in [5.41, 5.74) is 0.848. The van der Waals surface area contributed by atoms with Crippen molar-refractivity contribution in [1.82, 2.24) is 14.5 Å². The number of fused-ring (bicyclic) bond motifs is 1. The van der Waals surface area contributed by atoms with Gasteiger partial charge in [-0.25, -0.2) is 22.6 Å². The van der Waals surface area contributed by atoms with Gasteiger partial charge in [0.25, 0.3) is 0 Å². The topological polar surface area (TPSA) is 200 Å². The standard InChI is InChI=1S/C37H52N3O13PS/c1-25(2)21-40(55(46,47)30-12-10-28(48-4)11-13-30)22-33(41)32(38-37(44)51-34-23-50-36-31(34)16-19-49-36)20-27-14-17-39(18-15-27)24-54(45,52-26(3)35(42)43)53-29-8-6-5-7-9-29/h5-14,25-26,31-34,36,41H,15-24H2,1-4H3,(H,38,44)(H,42,43)/t26-,31-,32-,33+,34-,36+,54?/m0/s1. The van der Waals surface area contributed by atoms with Crippen LogP contribution in [-0.2, 0) is 38.1 Å². The number of hydrogen-bond donors (Lipinski definition) is 3. The first kappa shape index (κ1) is 42.6. The lowest BCUT2D eigenvalue weighted by atomic mass is 9.96. The van der Waals surface area contributed by atoms with E-state index in [9.17, 15) is 32.8 Å². The van der Waals surface area contributed by atoms with Crippen molar-refractivity contribution >= 4 is 29.7 Å². The molecule has 18 heteroatoms. The molecule has 5 rings (SSSR count). The van der Waals surface area contributed by atoms with Gasteiger partial charge < -0.3 is 39.0 Å². The first-order valence-electron chi connectivity index (χ1n) is 18.3. The van der Waals surface area contributed by atoms with Gasteiger partial charge in [0, 0.05) is 26.2 Å². The van der Waals surface area contributed by atoms with E-state index in [0.29, 0.717) is 31.7 Å². The van der Waals surface area contributed by atoms with Gasteiger partial charge in [-0.2, -0.15) is 4.31 Å². The number of methoxy groups -OCH3 is 1. The third-order valence-corrected chi connectivity index (χ3v) is 13.3. The third-order valence-electron chi connectivity index (χ3n) is 9.56. The molecule has 304 valence electrons. The first-order valence-corrected chi connectivity index (χ1v) is 21.5. The van der Waals surface area contributed by atoms with Crippen molar-refractivity contribution in [2.24, 2.45) is 11.8 Å². The van der Waals surface area contributed by atoms with Crippen molar-refractivity contribution in [3.05, 3.63) is 66.2 Å². The molecule has 55 heavy (non-hydrogen) atoms. The Morgan fingerprint density at radius 2 is 1.78 bits per heavy atom. The first-order chi connectivity index (χ1) is 26.2. The number of rotatable bonds is 19. The fraction of sp³-hybridized carbons (Fsp3) is 0.568. The summed E-state index contributed by atoms with van der Waals surface area (Å²) < 4.78 is 76.2. The van der Waals surface area contributed by atoms with E-state index in [-0.39, 0.29) is 61.4 Å². The Bertz CT molecular complexity index is 1780. The summed E-state index contributed by atoms with van der Waals surface area (Å²) in [5, 5.41) is 24.0. The average Bonchev–Trinajstić information content (AvgIpc) is 3.77.